The minimum Gasteiger partial charge on any atom is -0.506 e. The molecule has 2 aromatic carbocycles. The lowest BCUT2D eigenvalue weighted by atomic mass is 9.52. The molecule has 4 nitrogen and oxygen atoms in total. The molecule has 2 fully saturated rings. The Morgan fingerprint density at radius 1 is 1.03 bits per heavy atom. The molecule has 0 aromatic heterocycles. The van der Waals surface area contributed by atoms with Gasteiger partial charge in [-0.25, -0.2) is 0 Å². The zero-order chi connectivity index (χ0) is 20.4. The van der Waals surface area contributed by atoms with Crippen LogP contribution in [0.5, 0.6) is 5.75 Å². The van der Waals surface area contributed by atoms with Crippen LogP contribution < -0.4 is 4.90 Å². The highest BCUT2D eigenvalue weighted by Crippen LogP contribution is 2.64. The fraction of sp³-hybridized carbons (Fsp3) is 0.520. The van der Waals surface area contributed by atoms with E-state index in [0.29, 0.717) is 18.0 Å². The molecule has 3 aliphatic rings. The zero-order valence-electron chi connectivity index (χ0n) is 17.3. The van der Waals surface area contributed by atoms with E-state index >= 15 is 0 Å². The summed E-state index contributed by atoms with van der Waals surface area (Å²) in [5.41, 5.74) is 1.94. The van der Waals surface area contributed by atoms with E-state index in [0.717, 1.165) is 25.7 Å². The Morgan fingerprint density at radius 3 is 2.55 bits per heavy atom. The highest BCUT2D eigenvalue weighted by molar-refractivity contribution is 5.59. The maximum Gasteiger partial charge on any atom is 0.138 e. The second-order valence-electron chi connectivity index (χ2n) is 9.60. The minimum atomic E-state index is -1.01. The number of nitrogens with zero attached hydrogens (tertiary/aromatic N) is 1. The first-order valence-electron chi connectivity index (χ1n) is 10.9. The fourth-order valence-corrected chi connectivity index (χ4v) is 6.91. The van der Waals surface area contributed by atoms with E-state index in [4.69, 9.17) is 0 Å². The third kappa shape index (κ3) is 2.45. The standard InChI is InChI=1S/C25H31NO3/c1-24-14-13-18-17-8-4-3-7-16(17)11-12-19(18)25(24,29)22(15-23(24)28)26(2)20-9-5-6-10-21(20)27/h3-10,18-19,22-23,27-29H,11-15H2,1-2H3/t18-,19-,22+,23+,24-,25-/m1/s1. The van der Waals surface area contributed by atoms with Crippen LogP contribution in [0.4, 0.5) is 5.69 Å². The van der Waals surface area contributed by atoms with E-state index in [1.54, 1.807) is 6.07 Å². The summed E-state index contributed by atoms with van der Waals surface area (Å²) in [5.74, 6) is 0.637. The van der Waals surface area contributed by atoms with E-state index in [2.05, 4.69) is 31.2 Å². The molecule has 0 aliphatic heterocycles. The van der Waals surface area contributed by atoms with E-state index < -0.39 is 17.1 Å². The van der Waals surface area contributed by atoms with E-state index in [1.165, 1.54) is 11.1 Å². The minimum absolute atomic E-state index is 0.103. The number of phenolic OH excluding ortho intramolecular Hbond substituents is 1. The first-order chi connectivity index (χ1) is 13.9. The van der Waals surface area contributed by atoms with Gasteiger partial charge < -0.3 is 20.2 Å². The number of aliphatic hydroxyl groups excluding tert-OH is 1. The van der Waals surface area contributed by atoms with Crippen molar-refractivity contribution >= 4 is 5.69 Å². The number of phenols is 1. The number of para-hydroxylation sites is 2. The van der Waals surface area contributed by atoms with Crippen molar-refractivity contribution in [2.45, 2.75) is 62.7 Å². The van der Waals surface area contributed by atoms with Crippen LogP contribution >= 0.6 is 0 Å². The summed E-state index contributed by atoms with van der Waals surface area (Å²) in [6.07, 6.45) is 3.69. The largest absolute Gasteiger partial charge is 0.506 e. The molecule has 6 atom stereocenters. The van der Waals surface area contributed by atoms with Gasteiger partial charge in [-0.15, -0.1) is 0 Å². The number of hydrogen-bond donors (Lipinski definition) is 3. The summed E-state index contributed by atoms with van der Waals surface area (Å²) in [6.45, 7) is 2.08. The normalized spacial score (nSPS) is 38.1. The van der Waals surface area contributed by atoms with E-state index in [1.807, 2.05) is 30.1 Å². The molecule has 2 aromatic rings. The number of aryl methyl sites for hydroxylation is 1. The average Bonchev–Trinajstić information content (AvgIpc) is 2.94. The van der Waals surface area contributed by atoms with E-state index in [-0.39, 0.29) is 17.7 Å². The van der Waals surface area contributed by atoms with Crippen LogP contribution in [0.3, 0.4) is 0 Å². The summed E-state index contributed by atoms with van der Waals surface area (Å²) < 4.78 is 0. The molecule has 0 heterocycles. The molecule has 0 bridgehead atoms. The molecule has 4 heteroatoms. The summed E-state index contributed by atoms with van der Waals surface area (Å²) in [5, 5.41) is 34.0. The fourth-order valence-electron chi connectivity index (χ4n) is 6.91. The van der Waals surface area contributed by atoms with Crippen molar-refractivity contribution in [3.8, 4) is 5.75 Å². The van der Waals surface area contributed by atoms with Gasteiger partial charge in [0.1, 0.15) is 5.75 Å². The molecule has 0 unspecified atom stereocenters. The average molecular weight is 394 g/mol. The summed E-state index contributed by atoms with van der Waals surface area (Å²) >= 11 is 0. The van der Waals surface area contributed by atoms with Crippen LogP contribution in [0.2, 0.25) is 0 Å². The maximum absolute atomic E-state index is 12.5. The number of likely N-dealkylation sites (N-methyl/N-ethyl adjacent to an activating group) is 1. The first kappa shape index (κ1) is 19.0. The van der Waals surface area contributed by atoms with Gasteiger partial charge in [0.05, 0.1) is 23.4 Å². The van der Waals surface area contributed by atoms with Gasteiger partial charge in [0, 0.05) is 12.5 Å². The van der Waals surface area contributed by atoms with Gasteiger partial charge in [0.2, 0.25) is 0 Å². The van der Waals surface area contributed by atoms with E-state index in [9.17, 15) is 15.3 Å². The molecule has 0 saturated heterocycles. The number of hydrogen-bond acceptors (Lipinski definition) is 4. The third-order valence-electron chi connectivity index (χ3n) is 8.54. The Kier molecular flexibility index (Phi) is 4.24. The van der Waals surface area contributed by atoms with Crippen molar-refractivity contribution in [2.75, 3.05) is 11.9 Å². The number of aliphatic hydroxyl groups is 2. The van der Waals surface area contributed by atoms with Crippen LogP contribution in [0, 0.1) is 11.3 Å². The second-order valence-corrected chi connectivity index (χ2v) is 9.60. The van der Waals surface area contributed by atoms with Gasteiger partial charge in [0.25, 0.3) is 0 Å². The molecular formula is C25H31NO3. The monoisotopic (exact) mass is 393 g/mol. The molecule has 0 radical (unpaired) electrons. The van der Waals surface area contributed by atoms with Crippen molar-refractivity contribution in [1.82, 2.24) is 0 Å². The van der Waals surface area contributed by atoms with Crippen LogP contribution in [-0.2, 0) is 6.42 Å². The van der Waals surface area contributed by atoms with Gasteiger partial charge in [-0.2, -0.15) is 0 Å². The highest BCUT2D eigenvalue weighted by atomic mass is 16.3. The third-order valence-corrected chi connectivity index (χ3v) is 8.54. The van der Waals surface area contributed by atoms with Gasteiger partial charge >= 0.3 is 0 Å². The van der Waals surface area contributed by atoms with Gasteiger partial charge in [-0.3, -0.25) is 0 Å². The summed E-state index contributed by atoms with van der Waals surface area (Å²) in [4.78, 5) is 2.01. The number of benzene rings is 2. The lowest BCUT2D eigenvalue weighted by Gasteiger charge is -2.58. The molecular weight excluding hydrogens is 362 g/mol. The maximum atomic E-state index is 12.5. The van der Waals surface area contributed by atoms with Crippen LogP contribution in [0.1, 0.15) is 49.7 Å². The van der Waals surface area contributed by atoms with Crippen LogP contribution in [-0.4, -0.2) is 40.1 Å². The van der Waals surface area contributed by atoms with Crippen molar-refractivity contribution in [3.63, 3.8) is 0 Å². The number of aromatic hydroxyl groups is 1. The predicted octanol–water partition coefficient (Wildman–Crippen LogP) is 3.84. The molecule has 3 aliphatic carbocycles. The Hall–Kier alpha value is -2.04. The molecule has 5 rings (SSSR count). The molecule has 3 N–H and O–H groups in total. The lowest BCUT2D eigenvalue weighted by Crippen LogP contribution is -2.64. The van der Waals surface area contributed by atoms with Gasteiger partial charge in [0.15, 0.2) is 0 Å². The Bertz CT molecular complexity index is 930. The lowest BCUT2D eigenvalue weighted by molar-refractivity contribution is -0.168. The topological polar surface area (TPSA) is 63.9 Å². The molecule has 0 amide bonds. The highest BCUT2D eigenvalue weighted by Gasteiger charge is 2.69. The molecule has 2 saturated carbocycles. The SMILES string of the molecule is CN(c1ccccc1O)[C@H]1C[C@H](O)[C@@]2(C)CC[C@@H]3c4ccccc4CC[C@H]3[C@@]12O. The predicted molar refractivity (Wildman–Crippen MR) is 114 cm³/mol. The van der Waals surface area contributed by atoms with Crippen LogP contribution in [0.25, 0.3) is 0 Å². The van der Waals surface area contributed by atoms with Crippen LogP contribution in [0.15, 0.2) is 48.5 Å². The van der Waals surface area contributed by atoms with Crippen molar-refractivity contribution in [1.29, 1.82) is 0 Å². The van der Waals surface area contributed by atoms with Gasteiger partial charge in [-0.1, -0.05) is 43.3 Å². The molecule has 29 heavy (non-hydrogen) atoms. The molecule has 0 spiro atoms. The zero-order valence-corrected chi connectivity index (χ0v) is 17.3. The number of rotatable bonds is 2. The number of fused-ring (bicyclic) bond motifs is 5. The first-order valence-corrected chi connectivity index (χ1v) is 10.9. The van der Waals surface area contributed by atoms with Gasteiger partial charge in [-0.05, 0) is 67.2 Å². The van der Waals surface area contributed by atoms with Crippen molar-refractivity contribution in [3.05, 3.63) is 59.7 Å². The number of anilines is 1. The van der Waals surface area contributed by atoms with Crippen molar-refractivity contribution in [2.24, 2.45) is 11.3 Å². The molecule has 154 valence electrons. The quantitative estimate of drug-likeness (QED) is 0.725. The Balaban J connectivity index is 1.60. The Labute approximate surface area is 172 Å². The summed E-state index contributed by atoms with van der Waals surface area (Å²) in [6, 6.07) is 15.7. The smallest absolute Gasteiger partial charge is 0.138 e. The Morgan fingerprint density at radius 2 is 1.76 bits per heavy atom. The summed E-state index contributed by atoms with van der Waals surface area (Å²) in [7, 11) is 1.94. The van der Waals surface area contributed by atoms with Crippen molar-refractivity contribution < 1.29 is 15.3 Å². The second kappa shape index (κ2) is 6.48.